The minimum atomic E-state index is 0.0590. The first-order valence-electron chi connectivity index (χ1n) is 5.87. The summed E-state index contributed by atoms with van der Waals surface area (Å²) < 4.78 is 0. The average Bonchev–Trinajstić information content (AvgIpc) is 2.28. The molecular formula is C13H19NO. The molecule has 0 spiro atoms. The van der Waals surface area contributed by atoms with Crippen molar-refractivity contribution in [2.45, 2.75) is 39.2 Å². The van der Waals surface area contributed by atoms with Crippen LogP contribution in [0, 0.1) is 5.92 Å². The molecule has 0 radical (unpaired) electrons. The van der Waals surface area contributed by atoms with E-state index < -0.39 is 0 Å². The van der Waals surface area contributed by atoms with Gasteiger partial charge in [-0.25, -0.2) is 0 Å². The van der Waals surface area contributed by atoms with Crippen LogP contribution in [0.5, 0.6) is 0 Å². The van der Waals surface area contributed by atoms with Crippen LogP contribution < -0.4 is 5.32 Å². The number of carbonyl (C=O) groups is 1. The predicted octanol–water partition coefficient (Wildman–Crippen LogP) is 2.22. The summed E-state index contributed by atoms with van der Waals surface area (Å²) in [7, 11) is 0. The molecule has 2 unspecified atom stereocenters. The van der Waals surface area contributed by atoms with Crippen LogP contribution in [0.25, 0.3) is 0 Å². The van der Waals surface area contributed by atoms with Gasteiger partial charge < -0.3 is 5.32 Å². The van der Waals surface area contributed by atoms with Crippen molar-refractivity contribution in [3.8, 4) is 0 Å². The predicted molar refractivity (Wildman–Crippen MR) is 61.7 cm³/mol. The van der Waals surface area contributed by atoms with Gasteiger partial charge in [0.25, 0.3) is 0 Å². The maximum atomic E-state index is 11.6. The molecule has 2 aliphatic rings. The van der Waals surface area contributed by atoms with E-state index in [-0.39, 0.29) is 6.04 Å². The SMILES string of the molecule is CCC(=O)C1CC2=C(CN1)C(C)CC=C2. The zero-order valence-electron chi connectivity index (χ0n) is 9.55. The standard InChI is InChI=1S/C13H19NO/c1-3-13(15)12-7-10-6-4-5-9(2)11(10)8-14-12/h4,6,9,12,14H,3,5,7-8H2,1-2H3. The quantitative estimate of drug-likeness (QED) is 0.749. The zero-order chi connectivity index (χ0) is 10.8. The Morgan fingerprint density at radius 3 is 3.13 bits per heavy atom. The number of hydrogen-bond acceptors (Lipinski definition) is 2. The van der Waals surface area contributed by atoms with E-state index in [9.17, 15) is 4.79 Å². The minimum absolute atomic E-state index is 0.0590. The highest BCUT2D eigenvalue weighted by atomic mass is 16.1. The highest BCUT2D eigenvalue weighted by molar-refractivity contribution is 5.84. The maximum Gasteiger partial charge on any atom is 0.149 e. The third kappa shape index (κ3) is 2.05. The molecule has 1 heterocycles. The second-order valence-electron chi connectivity index (χ2n) is 4.55. The van der Waals surface area contributed by atoms with Gasteiger partial charge in [0.05, 0.1) is 6.04 Å². The largest absolute Gasteiger partial charge is 0.303 e. The number of carbonyl (C=O) groups excluding carboxylic acids is 1. The summed E-state index contributed by atoms with van der Waals surface area (Å²) in [6, 6.07) is 0.0590. The monoisotopic (exact) mass is 205 g/mol. The Kier molecular flexibility index (Phi) is 3.06. The third-order valence-corrected chi connectivity index (χ3v) is 3.52. The van der Waals surface area contributed by atoms with E-state index in [4.69, 9.17) is 0 Å². The van der Waals surface area contributed by atoms with Crippen molar-refractivity contribution in [1.29, 1.82) is 0 Å². The third-order valence-electron chi connectivity index (χ3n) is 3.52. The molecule has 1 N–H and O–H groups in total. The first-order chi connectivity index (χ1) is 7.22. The Morgan fingerprint density at radius 2 is 2.40 bits per heavy atom. The second-order valence-corrected chi connectivity index (χ2v) is 4.55. The molecule has 2 heteroatoms. The molecule has 0 saturated carbocycles. The smallest absolute Gasteiger partial charge is 0.149 e. The zero-order valence-corrected chi connectivity index (χ0v) is 9.55. The van der Waals surface area contributed by atoms with Gasteiger partial charge in [-0.05, 0) is 24.3 Å². The first kappa shape index (κ1) is 10.6. The Bertz CT molecular complexity index is 327. The van der Waals surface area contributed by atoms with Crippen LogP contribution in [-0.2, 0) is 4.79 Å². The van der Waals surface area contributed by atoms with Gasteiger partial charge in [-0.3, -0.25) is 4.79 Å². The van der Waals surface area contributed by atoms with E-state index >= 15 is 0 Å². The van der Waals surface area contributed by atoms with Crippen LogP contribution in [0.4, 0.5) is 0 Å². The Morgan fingerprint density at radius 1 is 1.60 bits per heavy atom. The number of nitrogens with one attached hydrogen (secondary N) is 1. The van der Waals surface area contributed by atoms with Crippen LogP contribution in [0.3, 0.4) is 0 Å². The molecule has 0 amide bonds. The number of Topliss-reactive ketones (excluding diaryl/α,β-unsaturated/α-hetero) is 1. The molecule has 0 bridgehead atoms. The Labute approximate surface area is 91.4 Å². The summed E-state index contributed by atoms with van der Waals surface area (Å²) in [5, 5.41) is 3.36. The van der Waals surface area contributed by atoms with E-state index in [1.807, 2.05) is 6.92 Å². The molecule has 15 heavy (non-hydrogen) atoms. The molecule has 0 aromatic rings. The highest BCUT2D eigenvalue weighted by Crippen LogP contribution is 2.30. The lowest BCUT2D eigenvalue weighted by Gasteiger charge is -2.31. The van der Waals surface area contributed by atoms with Gasteiger partial charge in [-0.2, -0.15) is 0 Å². The molecule has 82 valence electrons. The maximum absolute atomic E-state index is 11.6. The van der Waals surface area contributed by atoms with Crippen LogP contribution >= 0.6 is 0 Å². The number of ketones is 1. The van der Waals surface area contributed by atoms with Gasteiger partial charge in [0, 0.05) is 13.0 Å². The van der Waals surface area contributed by atoms with Gasteiger partial charge in [0.1, 0.15) is 5.78 Å². The number of hydrogen-bond donors (Lipinski definition) is 1. The topological polar surface area (TPSA) is 29.1 Å². The van der Waals surface area contributed by atoms with Crippen LogP contribution in [0.15, 0.2) is 23.3 Å². The average molecular weight is 205 g/mol. The van der Waals surface area contributed by atoms with E-state index in [2.05, 4.69) is 24.4 Å². The van der Waals surface area contributed by atoms with Crippen molar-refractivity contribution in [3.05, 3.63) is 23.3 Å². The molecule has 1 aliphatic heterocycles. The number of rotatable bonds is 2. The molecule has 1 aliphatic carbocycles. The summed E-state index contributed by atoms with van der Waals surface area (Å²) in [5.74, 6) is 0.989. The van der Waals surface area contributed by atoms with Gasteiger partial charge in [0.15, 0.2) is 0 Å². The lowest BCUT2D eigenvalue weighted by Crippen LogP contribution is -2.42. The minimum Gasteiger partial charge on any atom is -0.303 e. The fraction of sp³-hybridized carbons (Fsp3) is 0.615. The highest BCUT2D eigenvalue weighted by Gasteiger charge is 2.26. The second kappa shape index (κ2) is 4.31. The molecule has 0 aromatic heterocycles. The van der Waals surface area contributed by atoms with Crippen molar-refractivity contribution in [2.24, 2.45) is 5.92 Å². The van der Waals surface area contributed by atoms with Crippen molar-refractivity contribution in [1.82, 2.24) is 5.32 Å². The molecule has 2 atom stereocenters. The summed E-state index contributed by atoms with van der Waals surface area (Å²) in [4.78, 5) is 11.6. The van der Waals surface area contributed by atoms with Crippen LogP contribution in [0.1, 0.15) is 33.1 Å². The fourth-order valence-electron chi connectivity index (χ4n) is 2.47. The normalized spacial score (nSPS) is 30.3. The van der Waals surface area contributed by atoms with E-state index in [1.54, 1.807) is 0 Å². The molecule has 2 nitrogen and oxygen atoms in total. The van der Waals surface area contributed by atoms with Crippen molar-refractivity contribution >= 4 is 5.78 Å². The Balaban J connectivity index is 2.14. The fourth-order valence-corrected chi connectivity index (χ4v) is 2.47. The summed E-state index contributed by atoms with van der Waals surface area (Å²) in [6.45, 7) is 5.10. The first-order valence-corrected chi connectivity index (χ1v) is 5.87. The van der Waals surface area contributed by atoms with Crippen LogP contribution in [-0.4, -0.2) is 18.4 Å². The molecule has 2 rings (SSSR count). The molecule has 0 aromatic carbocycles. The van der Waals surface area contributed by atoms with Crippen molar-refractivity contribution in [2.75, 3.05) is 6.54 Å². The summed E-state index contributed by atoms with van der Waals surface area (Å²) in [6.07, 6.45) is 7.13. The summed E-state index contributed by atoms with van der Waals surface area (Å²) in [5.41, 5.74) is 2.91. The van der Waals surface area contributed by atoms with E-state index in [0.29, 0.717) is 18.1 Å². The number of allylic oxidation sites excluding steroid dienone is 2. The summed E-state index contributed by atoms with van der Waals surface area (Å²) >= 11 is 0. The van der Waals surface area contributed by atoms with Gasteiger partial charge in [0.2, 0.25) is 0 Å². The molecule has 0 saturated heterocycles. The lowest BCUT2D eigenvalue weighted by atomic mass is 9.82. The molecule has 0 fully saturated rings. The Hall–Kier alpha value is -0.890. The van der Waals surface area contributed by atoms with E-state index in [1.165, 1.54) is 11.1 Å². The lowest BCUT2D eigenvalue weighted by molar-refractivity contribution is -0.120. The van der Waals surface area contributed by atoms with Crippen molar-refractivity contribution < 1.29 is 4.79 Å². The molecular weight excluding hydrogens is 186 g/mol. The van der Waals surface area contributed by atoms with Crippen molar-refractivity contribution in [3.63, 3.8) is 0 Å². The van der Waals surface area contributed by atoms with E-state index in [0.717, 1.165) is 19.4 Å². The van der Waals surface area contributed by atoms with Crippen LogP contribution in [0.2, 0.25) is 0 Å². The van der Waals surface area contributed by atoms with Gasteiger partial charge in [-0.1, -0.05) is 31.6 Å². The van der Waals surface area contributed by atoms with Gasteiger partial charge >= 0.3 is 0 Å². The van der Waals surface area contributed by atoms with Gasteiger partial charge in [-0.15, -0.1) is 0 Å².